The lowest BCUT2D eigenvalue weighted by atomic mass is 9.85. The number of hydrogen-bond donors (Lipinski definition) is 2. The summed E-state index contributed by atoms with van der Waals surface area (Å²) >= 11 is 0. The van der Waals surface area contributed by atoms with Crippen LogP contribution in [0.3, 0.4) is 0 Å². The van der Waals surface area contributed by atoms with E-state index in [1.807, 2.05) is 0 Å². The highest BCUT2D eigenvalue weighted by Crippen LogP contribution is 2.44. The third-order valence-electron chi connectivity index (χ3n) is 4.93. The van der Waals surface area contributed by atoms with E-state index in [0.717, 1.165) is 23.7 Å². The van der Waals surface area contributed by atoms with Crippen molar-refractivity contribution in [2.75, 3.05) is 7.11 Å². The Kier molecular flexibility index (Phi) is 4.80. The molecule has 2 aliphatic rings. The van der Waals surface area contributed by atoms with Gasteiger partial charge in [0.25, 0.3) is 0 Å². The molecule has 0 aliphatic heterocycles. The fraction of sp³-hybridized carbons (Fsp3) is 0.647. The summed E-state index contributed by atoms with van der Waals surface area (Å²) in [6.45, 7) is 0.434. The molecular formula is C17H25N3O2. The Balaban J connectivity index is 1.42. The van der Waals surface area contributed by atoms with E-state index < -0.39 is 0 Å². The van der Waals surface area contributed by atoms with Gasteiger partial charge in [0.2, 0.25) is 0 Å². The number of hydrogen-bond acceptors (Lipinski definition) is 3. The van der Waals surface area contributed by atoms with Crippen molar-refractivity contribution in [3.63, 3.8) is 0 Å². The monoisotopic (exact) mass is 303 g/mol. The van der Waals surface area contributed by atoms with Gasteiger partial charge in [-0.1, -0.05) is 32.1 Å². The first-order chi connectivity index (χ1) is 10.8. The molecular weight excluding hydrogens is 278 g/mol. The number of carbonyl (C=O) groups is 1. The second kappa shape index (κ2) is 6.99. The Labute approximate surface area is 131 Å². The lowest BCUT2D eigenvalue weighted by Gasteiger charge is -2.21. The Morgan fingerprint density at radius 3 is 2.95 bits per heavy atom. The molecule has 2 aliphatic carbocycles. The molecule has 2 saturated carbocycles. The SMILES string of the molecule is COc1ccncc1CNC(=O)N[C@@H]1C[C@H]1C1CCCCC1. The highest BCUT2D eigenvalue weighted by Gasteiger charge is 2.43. The number of nitrogens with zero attached hydrogens (tertiary/aromatic N) is 1. The fourth-order valence-electron chi connectivity index (χ4n) is 3.61. The topological polar surface area (TPSA) is 63.2 Å². The van der Waals surface area contributed by atoms with E-state index in [9.17, 15) is 4.79 Å². The van der Waals surface area contributed by atoms with E-state index in [1.165, 1.54) is 32.1 Å². The van der Waals surface area contributed by atoms with E-state index >= 15 is 0 Å². The van der Waals surface area contributed by atoms with Crippen LogP contribution < -0.4 is 15.4 Å². The zero-order valence-electron chi connectivity index (χ0n) is 13.2. The second-order valence-corrected chi connectivity index (χ2v) is 6.42. The molecule has 5 nitrogen and oxygen atoms in total. The fourth-order valence-corrected chi connectivity index (χ4v) is 3.61. The second-order valence-electron chi connectivity index (χ2n) is 6.42. The van der Waals surface area contributed by atoms with E-state index in [-0.39, 0.29) is 6.03 Å². The van der Waals surface area contributed by atoms with Crippen LogP contribution >= 0.6 is 0 Å². The largest absolute Gasteiger partial charge is 0.496 e. The van der Waals surface area contributed by atoms with Gasteiger partial charge in [-0.25, -0.2) is 4.79 Å². The van der Waals surface area contributed by atoms with Crippen LogP contribution in [0.4, 0.5) is 4.79 Å². The van der Waals surface area contributed by atoms with Crippen molar-refractivity contribution in [1.82, 2.24) is 15.6 Å². The van der Waals surface area contributed by atoms with Gasteiger partial charge in [-0.15, -0.1) is 0 Å². The maximum absolute atomic E-state index is 12.0. The molecule has 0 saturated heterocycles. The van der Waals surface area contributed by atoms with Gasteiger partial charge in [0.1, 0.15) is 5.75 Å². The number of carbonyl (C=O) groups excluding carboxylic acids is 1. The van der Waals surface area contributed by atoms with Gasteiger partial charge in [-0.3, -0.25) is 4.98 Å². The number of methoxy groups -OCH3 is 1. The third-order valence-corrected chi connectivity index (χ3v) is 4.93. The maximum atomic E-state index is 12.0. The number of aromatic nitrogens is 1. The number of amides is 2. The van der Waals surface area contributed by atoms with Gasteiger partial charge in [-0.2, -0.15) is 0 Å². The quantitative estimate of drug-likeness (QED) is 0.879. The lowest BCUT2D eigenvalue weighted by molar-refractivity contribution is 0.237. The molecule has 1 heterocycles. The van der Waals surface area contributed by atoms with Gasteiger partial charge in [0, 0.05) is 30.5 Å². The molecule has 0 aromatic carbocycles. The van der Waals surface area contributed by atoms with Crippen molar-refractivity contribution in [3.8, 4) is 5.75 Å². The summed E-state index contributed by atoms with van der Waals surface area (Å²) in [5, 5.41) is 6.00. The van der Waals surface area contributed by atoms with E-state index in [2.05, 4.69) is 15.6 Å². The summed E-state index contributed by atoms with van der Waals surface area (Å²) in [5.74, 6) is 2.29. The highest BCUT2D eigenvalue weighted by molar-refractivity contribution is 5.74. The minimum Gasteiger partial charge on any atom is -0.496 e. The summed E-state index contributed by atoms with van der Waals surface area (Å²) in [5.41, 5.74) is 0.889. The summed E-state index contributed by atoms with van der Waals surface area (Å²) in [6.07, 6.45) is 11.3. The summed E-state index contributed by atoms with van der Waals surface area (Å²) in [7, 11) is 1.62. The van der Waals surface area contributed by atoms with Crippen LogP contribution in [0.5, 0.6) is 5.75 Å². The van der Waals surface area contributed by atoms with E-state index in [1.54, 1.807) is 25.6 Å². The molecule has 5 heteroatoms. The zero-order chi connectivity index (χ0) is 15.4. The molecule has 22 heavy (non-hydrogen) atoms. The Bertz CT molecular complexity index is 514. The molecule has 2 fully saturated rings. The molecule has 2 amide bonds. The first-order valence-corrected chi connectivity index (χ1v) is 8.29. The van der Waals surface area contributed by atoms with Crippen LogP contribution in [0.15, 0.2) is 18.5 Å². The Morgan fingerprint density at radius 2 is 2.18 bits per heavy atom. The minimum atomic E-state index is -0.0887. The first kappa shape index (κ1) is 15.1. The van der Waals surface area contributed by atoms with E-state index in [4.69, 9.17) is 4.74 Å². The lowest BCUT2D eigenvalue weighted by Crippen LogP contribution is -2.37. The predicted octanol–water partition coefficient (Wildman–Crippen LogP) is 2.86. The molecule has 120 valence electrons. The van der Waals surface area contributed by atoms with Gasteiger partial charge in [-0.05, 0) is 24.3 Å². The van der Waals surface area contributed by atoms with Crippen LogP contribution in [0.25, 0.3) is 0 Å². The summed E-state index contributed by atoms with van der Waals surface area (Å²) < 4.78 is 5.26. The van der Waals surface area contributed by atoms with Gasteiger partial charge in [0.05, 0.1) is 7.11 Å². The summed E-state index contributed by atoms with van der Waals surface area (Å²) in [4.78, 5) is 16.1. The van der Waals surface area contributed by atoms with Crippen LogP contribution in [0, 0.1) is 11.8 Å². The smallest absolute Gasteiger partial charge is 0.315 e. The average molecular weight is 303 g/mol. The van der Waals surface area contributed by atoms with Gasteiger partial charge in [0.15, 0.2) is 0 Å². The molecule has 1 aromatic rings. The van der Waals surface area contributed by atoms with Crippen molar-refractivity contribution in [1.29, 1.82) is 0 Å². The molecule has 0 unspecified atom stereocenters. The first-order valence-electron chi connectivity index (χ1n) is 8.29. The number of pyridine rings is 1. The normalized spacial score (nSPS) is 24.6. The Hall–Kier alpha value is -1.78. The molecule has 1 aromatic heterocycles. The van der Waals surface area contributed by atoms with Crippen molar-refractivity contribution in [2.24, 2.45) is 11.8 Å². The molecule has 3 rings (SSSR count). The number of rotatable bonds is 5. The number of nitrogens with one attached hydrogen (secondary N) is 2. The zero-order valence-corrected chi connectivity index (χ0v) is 13.2. The van der Waals surface area contributed by atoms with Crippen LogP contribution in [0.2, 0.25) is 0 Å². The van der Waals surface area contributed by atoms with Crippen molar-refractivity contribution in [3.05, 3.63) is 24.0 Å². The van der Waals surface area contributed by atoms with Crippen LogP contribution in [-0.2, 0) is 6.54 Å². The van der Waals surface area contributed by atoms with Crippen LogP contribution in [-0.4, -0.2) is 24.2 Å². The van der Waals surface area contributed by atoms with Crippen molar-refractivity contribution in [2.45, 2.75) is 51.1 Å². The molecule has 2 N–H and O–H groups in total. The Morgan fingerprint density at radius 1 is 1.36 bits per heavy atom. The number of urea groups is 1. The van der Waals surface area contributed by atoms with Crippen molar-refractivity contribution >= 4 is 6.03 Å². The van der Waals surface area contributed by atoms with Gasteiger partial charge < -0.3 is 15.4 Å². The maximum Gasteiger partial charge on any atom is 0.315 e. The average Bonchev–Trinajstić information content (AvgIpc) is 3.33. The molecule has 0 bridgehead atoms. The summed E-state index contributed by atoms with van der Waals surface area (Å²) in [6, 6.07) is 2.09. The van der Waals surface area contributed by atoms with Gasteiger partial charge >= 0.3 is 6.03 Å². The van der Waals surface area contributed by atoms with E-state index in [0.29, 0.717) is 18.5 Å². The predicted molar refractivity (Wildman–Crippen MR) is 84.6 cm³/mol. The molecule has 0 spiro atoms. The number of ether oxygens (including phenoxy) is 1. The highest BCUT2D eigenvalue weighted by atomic mass is 16.5. The standard InChI is InChI=1S/C17H25N3O2/c1-22-16-7-8-18-10-13(16)11-19-17(21)20-15-9-14(15)12-5-3-2-4-6-12/h7-8,10,12,14-15H,2-6,9,11H2,1H3,(H2,19,20,21)/t14-,15+/m0/s1. The van der Waals surface area contributed by atoms with Crippen LogP contribution in [0.1, 0.15) is 44.1 Å². The third kappa shape index (κ3) is 3.70. The van der Waals surface area contributed by atoms with Crippen molar-refractivity contribution < 1.29 is 9.53 Å². The molecule has 0 radical (unpaired) electrons. The minimum absolute atomic E-state index is 0.0887. The molecule has 2 atom stereocenters.